The van der Waals surface area contributed by atoms with Gasteiger partial charge in [-0.1, -0.05) is 121 Å². The number of thiophene rings is 4. The number of nitriles is 2. The van der Waals surface area contributed by atoms with E-state index in [4.69, 9.17) is 0 Å². The van der Waals surface area contributed by atoms with Crippen LogP contribution in [0.4, 0.5) is 52.7 Å². The van der Waals surface area contributed by atoms with Gasteiger partial charge in [-0.05, 0) is 154 Å². The Kier molecular flexibility index (Phi) is 13.2. The average Bonchev–Trinajstić information content (AvgIpc) is 1.57. The van der Waals surface area contributed by atoms with Crippen LogP contribution in [-0.4, -0.2) is 35.5 Å². The maximum atomic E-state index is 16.3. The second-order valence-corrected chi connectivity index (χ2v) is 26.7. The van der Waals surface area contributed by atoms with Crippen molar-refractivity contribution in [3.05, 3.63) is 245 Å². The van der Waals surface area contributed by atoms with Gasteiger partial charge >= 0.3 is 35.5 Å². The van der Waals surface area contributed by atoms with Crippen molar-refractivity contribution in [3.63, 3.8) is 0 Å². The lowest BCUT2D eigenvalue weighted by Crippen LogP contribution is -2.48. The van der Waals surface area contributed by atoms with Crippen molar-refractivity contribution in [1.82, 2.24) is 0 Å². The van der Waals surface area contributed by atoms with E-state index in [1.807, 2.05) is 84.9 Å². The van der Waals surface area contributed by atoms with Gasteiger partial charge < -0.3 is 0 Å². The van der Waals surface area contributed by atoms with E-state index in [0.29, 0.717) is 64.0 Å². The van der Waals surface area contributed by atoms with Crippen LogP contribution < -0.4 is 0 Å². The van der Waals surface area contributed by atoms with Crippen molar-refractivity contribution in [3.8, 4) is 65.0 Å². The third-order valence-corrected chi connectivity index (χ3v) is 21.2. The van der Waals surface area contributed by atoms with Crippen LogP contribution in [0, 0.1) is 50.4 Å². The van der Waals surface area contributed by atoms with Gasteiger partial charge in [0, 0.05) is 61.3 Å². The summed E-state index contributed by atoms with van der Waals surface area (Å²) in [4.78, 5) is 1.76. The number of fused-ring (bicyclic) bond motifs is 3. The van der Waals surface area contributed by atoms with Gasteiger partial charge in [0.1, 0.15) is 0 Å². The van der Waals surface area contributed by atoms with Gasteiger partial charge in [-0.2, -0.15) is 63.2 Å². The molecule has 10 aromatic rings. The van der Waals surface area contributed by atoms with Gasteiger partial charge in [0.25, 0.3) is 0 Å². The minimum absolute atomic E-state index is 0.0930. The summed E-state index contributed by atoms with van der Waals surface area (Å²) in [6.45, 7) is 5.63. The number of benzene rings is 6. The lowest BCUT2D eigenvalue weighted by Gasteiger charge is -2.34. The molecular formula is C69H40F12N2S4. The molecule has 0 N–H and O–H groups in total. The zero-order valence-corrected chi connectivity index (χ0v) is 49.0. The fraction of sp³-hybridized carbons (Fsp3) is 0.159. The van der Waals surface area contributed by atoms with Crippen LogP contribution >= 0.6 is 45.3 Å². The molecule has 0 fully saturated rings. The molecule has 13 rings (SSSR count). The number of allylic oxidation sites excluding steroid dienone is 4. The highest BCUT2D eigenvalue weighted by Crippen LogP contribution is 2.68. The summed E-state index contributed by atoms with van der Waals surface area (Å²) in [6.07, 6.45) is 0. The van der Waals surface area contributed by atoms with Crippen molar-refractivity contribution in [1.29, 1.82) is 10.5 Å². The van der Waals surface area contributed by atoms with Crippen LogP contribution in [0.1, 0.15) is 75.1 Å². The fourth-order valence-corrected chi connectivity index (χ4v) is 16.7. The maximum Gasteiger partial charge on any atom is 0.380 e. The van der Waals surface area contributed by atoms with E-state index >= 15 is 52.7 Å². The third-order valence-electron chi connectivity index (χ3n) is 16.8. The molecule has 87 heavy (non-hydrogen) atoms. The van der Waals surface area contributed by atoms with Crippen LogP contribution in [0.25, 0.3) is 75.2 Å². The molecule has 0 atom stereocenters. The number of nitrogens with zero attached hydrogens (tertiary/aromatic N) is 2. The smallest absolute Gasteiger partial charge is 0.194 e. The summed E-state index contributed by atoms with van der Waals surface area (Å²) in [7, 11) is 0. The molecule has 2 nitrogen and oxygen atoms in total. The molecule has 3 aliphatic rings. The van der Waals surface area contributed by atoms with E-state index in [1.54, 1.807) is 48.5 Å². The van der Waals surface area contributed by atoms with E-state index in [2.05, 4.69) is 0 Å². The van der Waals surface area contributed by atoms with Gasteiger partial charge in [-0.25, -0.2) is 0 Å². The van der Waals surface area contributed by atoms with Crippen LogP contribution in [0.3, 0.4) is 0 Å². The highest BCUT2D eigenvalue weighted by molar-refractivity contribution is 7.16. The largest absolute Gasteiger partial charge is 0.380 e. The van der Waals surface area contributed by atoms with Gasteiger partial charge in [0.2, 0.25) is 0 Å². The summed E-state index contributed by atoms with van der Waals surface area (Å²) >= 11 is 3.89. The van der Waals surface area contributed by atoms with E-state index in [-0.39, 0.29) is 19.5 Å². The first-order valence-corrected chi connectivity index (χ1v) is 30.1. The summed E-state index contributed by atoms with van der Waals surface area (Å²) in [5.74, 6) is -32.8. The lowest BCUT2D eigenvalue weighted by atomic mass is 9.67. The summed E-state index contributed by atoms with van der Waals surface area (Å²) in [6, 6.07) is 50.8. The van der Waals surface area contributed by atoms with Crippen molar-refractivity contribution in [2.24, 2.45) is 0 Å². The van der Waals surface area contributed by atoms with E-state index in [1.165, 1.54) is 76.2 Å². The molecular weight excluding hydrogens is 1210 g/mol. The maximum absolute atomic E-state index is 16.3. The second-order valence-electron chi connectivity index (χ2n) is 21.6. The molecule has 434 valence electrons. The Morgan fingerprint density at radius 1 is 0.310 bits per heavy atom. The van der Waals surface area contributed by atoms with Crippen molar-refractivity contribution in [2.75, 3.05) is 0 Å². The number of aryl methyl sites for hydroxylation is 4. The first-order valence-electron chi connectivity index (χ1n) is 26.8. The van der Waals surface area contributed by atoms with Crippen LogP contribution in [0.5, 0.6) is 0 Å². The Morgan fingerprint density at radius 3 is 0.805 bits per heavy atom. The standard InChI is InChI=1S/C69H40F12N2S4/c1-35-49(29-55(84-35)41-17-13-39(33-82)14-18-41)59-61(66(74,75)68(78,79)64(59,70)71)51-31-57(86-37(51)3)43-21-25-45(26-22-43)63(53-11-7-5-9-47(53)48-10-6-8-12-54(48)63)46-27-23-44(24-28-46)58-32-52(38(4)87-58)62-60(65(72,73)69(80,81)67(62,76)77)50-30-56(85-36(50)2)42-19-15-40(34-83)16-20-42/h5-32H,1-4H3. The first-order chi connectivity index (χ1) is 41.2. The van der Waals surface area contributed by atoms with Crippen LogP contribution in [-0.2, 0) is 5.41 Å². The van der Waals surface area contributed by atoms with Crippen molar-refractivity contribution >= 4 is 67.6 Å². The van der Waals surface area contributed by atoms with Crippen molar-refractivity contribution < 1.29 is 52.7 Å². The number of rotatable bonds is 10. The molecule has 0 saturated carbocycles. The van der Waals surface area contributed by atoms with Gasteiger partial charge in [0.05, 0.1) is 28.7 Å². The van der Waals surface area contributed by atoms with E-state index in [0.717, 1.165) is 67.6 Å². The molecule has 0 aliphatic heterocycles. The lowest BCUT2D eigenvalue weighted by molar-refractivity contribution is -0.254. The number of hydrogen-bond donors (Lipinski definition) is 0. The number of hydrogen-bond acceptors (Lipinski definition) is 6. The third kappa shape index (κ3) is 8.16. The monoisotopic (exact) mass is 1250 g/mol. The minimum Gasteiger partial charge on any atom is -0.194 e. The molecule has 4 heterocycles. The van der Waals surface area contributed by atoms with Crippen molar-refractivity contribution in [2.45, 2.75) is 68.6 Å². The zero-order valence-electron chi connectivity index (χ0n) is 45.7. The quantitative estimate of drug-likeness (QED) is 0.128. The zero-order chi connectivity index (χ0) is 61.7. The van der Waals surface area contributed by atoms with Crippen LogP contribution in [0.15, 0.2) is 170 Å². The number of alkyl halides is 12. The highest BCUT2D eigenvalue weighted by atomic mass is 32.1. The van der Waals surface area contributed by atoms with Crippen LogP contribution in [0.2, 0.25) is 0 Å². The molecule has 0 bridgehead atoms. The molecule has 6 aromatic carbocycles. The van der Waals surface area contributed by atoms with Gasteiger partial charge in [-0.15, -0.1) is 45.3 Å². The predicted octanol–water partition coefficient (Wildman–Crippen LogP) is 21.6. The molecule has 0 spiro atoms. The Hall–Kier alpha value is -8.26. The molecule has 0 radical (unpaired) electrons. The molecule has 0 amide bonds. The molecule has 0 unspecified atom stereocenters. The normalized spacial score (nSPS) is 18.0. The predicted molar refractivity (Wildman–Crippen MR) is 322 cm³/mol. The molecule has 18 heteroatoms. The topological polar surface area (TPSA) is 47.6 Å². The average molecular weight is 1250 g/mol. The fourth-order valence-electron chi connectivity index (χ4n) is 12.6. The SMILES string of the molecule is Cc1sc(-c2ccc(C#N)cc2)cc1C1=C(c2cc(-c3ccc(C4(c5ccc(-c6cc(C7=C(c8cc(-c9ccc(C#N)cc9)sc8C)C(F)(F)C(F)(F)C7(F)F)c(C)s6)cc5)c5ccccc5-c5ccccc54)cc3)sc2C)C(F)(F)C(F)(F)C1(F)F. The Labute approximate surface area is 506 Å². The second kappa shape index (κ2) is 19.9. The Balaban J connectivity index is 0.895. The number of halogens is 12. The highest BCUT2D eigenvalue weighted by Gasteiger charge is 2.82. The molecule has 0 saturated heterocycles. The summed E-state index contributed by atoms with van der Waals surface area (Å²) in [5.41, 5.74) is -1.28. The van der Waals surface area contributed by atoms with Gasteiger partial charge in [-0.3, -0.25) is 0 Å². The molecule has 3 aliphatic carbocycles. The molecule has 4 aromatic heterocycles. The Morgan fingerprint density at radius 2 is 0.552 bits per heavy atom. The minimum atomic E-state index is -5.79. The van der Waals surface area contributed by atoms with E-state index in [9.17, 15) is 10.5 Å². The van der Waals surface area contributed by atoms with E-state index < -0.39 is 85.5 Å². The summed E-state index contributed by atoms with van der Waals surface area (Å²) < 4.78 is 193. The Bertz CT molecular complexity index is 4340. The summed E-state index contributed by atoms with van der Waals surface area (Å²) in [5, 5.41) is 18.6. The first kappa shape index (κ1) is 57.8. The van der Waals surface area contributed by atoms with Gasteiger partial charge in [0.15, 0.2) is 0 Å².